The van der Waals surface area contributed by atoms with Crippen LogP contribution in [0.5, 0.6) is 0 Å². The number of fused-ring (bicyclic) bond motifs is 1. The number of hydrogen-bond acceptors (Lipinski definition) is 5. The van der Waals surface area contributed by atoms with Crippen molar-refractivity contribution in [2.75, 3.05) is 5.32 Å². The number of nitrogens with zero attached hydrogens (tertiary/aromatic N) is 4. The molecule has 1 unspecified atom stereocenters. The number of amides is 1. The van der Waals surface area contributed by atoms with Gasteiger partial charge in [-0.3, -0.25) is 19.1 Å². The van der Waals surface area contributed by atoms with Gasteiger partial charge in [0.05, 0.1) is 28.5 Å². The number of aromatic nitrogens is 4. The van der Waals surface area contributed by atoms with Gasteiger partial charge in [-0.1, -0.05) is 18.2 Å². The van der Waals surface area contributed by atoms with E-state index in [9.17, 15) is 14.9 Å². The Hall–Kier alpha value is -4.25. The smallest absolute Gasteiger partial charge is 0.255 e. The summed E-state index contributed by atoms with van der Waals surface area (Å²) in [6.45, 7) is 0. The Morgan fingerprint density at radius 3 is 2.79 bits per heavy atom. The summed E-state index contributed by atoms with van der Waals surface area (Å²) in [7, 11) is 0. The molecule has 136 valence electrons. The molecule has 0 spiro atoms. The van der Waals surface area contributed by atoms with Crippen molar-refractivity contribution in [3.8, 4) is 6.07 Å². The summed E-state index contributed by atoms with van der Waals surface area (Å²) in [5, 5.41) is 11.9. The maximum atomic E-state index is 13.1. The molecule has 4 aromatic rings. The fourth-order valence-corrected chi connectivity index (χ4v) is 2.93. The van der Waals surface area contributed by atoms with Gasteiger partial charge < -0.3 is 10.3 Å². The Balaban J connectivity index is 1.81. The molecule has 1 aromatic carbocycles. The van der Waals surface area contributed by atoms with Crippen LogP contribution in [0.2, 0.25) is 0 Å². The van der Waals surface area contributed by atoms with Crippen molar-refractivity contribution < 1.29 is 4.79 Å². The lowest BCUT2D eigenvalue weighted by atomic mass is 10.2. The lowest BCUT2D eigenvalue weighted by Gasteiger charge is -2.17. The first-order chi connectivity index (χ1) is 13.7. The molecular weight excluding hydrogens is 356 g/mol. The van der Waals surface area contributed by atoms with Crippen LogP contribution in [0.3, 0.4) is 0 Å². The number of para-hydroxylation sites is 2. The zero-order valence-corrected chi connectivity index (χ0v) is 14.5. The van der Waals surface area contributed by atoms with E-state index >= 15 is 0 Å². The molecule has 0 saturated carbocycles. The van der Waals surface area contributed by atoms with Gasteiger partial charge in [-0.15, -0.1) is 0 Å². The van der Waals surface area contributed by atoms with Crippen LogP contribution in [0.15, 0.2) is 71.9 Å². The summed E-state index contributed by atoms with van der Waals surface area (Å²) in [5.74, 6) is -0.203. The maximum absolute atomic E-state index is 13.1. The molecule has 0 fully saturated rings. The minimum atomic E-state index is -1.05. The predicted molar refractivity (Wildman–Crippen MR) is 103 cm³/mol. The number of carbonyl (C=O) groups is 1. The van der Waals surface area contributed by atoms with Gasteiger partial charge in [-0.05, 0) is 24.3 Å². The molecule has 3 heterocycles. The van der Waals surface area contributed by atoms with E-state index in [1.165, 1.54) is 35.3 Å². The fraction of sp³-hybridized carbons (Fsp3) is 0.0500. The molecular formula is C20H14N6O2. The second-order valence-corrected chi connectivity index (χ2v) is 6.01. The van der Waals surface area contributed by atoms with Crippen LogP contribution in [0.4, 0.5) is 5.69 Å². The minimum absolute atomic E-state index is 0.264. The molecule has 8 nitrogen and oxygen atoms in total. The summed E-state index contributed by atoms with van der Waals surface area (Å²) >= 11 is 0. The molecule has 0 radical (unpaired) electrons. The summed E-state index contributed by atoms with van der Waals surface area (Å²) in [4.78, 5) is 37.1. The van der Waals surface area contributed by atoms with Gasteiger partial charge in [0.15, 0.2) is 6.04 Å². The molecule has 0 aliphatic carbocycles. The van der Waals surface area contributed by atoms with Gasteiger partial charge >= 0.3 is 0 Å². The van der Waals surface area contributed by atoms with Gasteiger partial charge in [-0.25, -0.2) is 4.98 Å². The van der Waals surface area contributed by atoms with E-state index in [1.807, 2.05) is 30.3 Å². The molecule has 1 atom stereocenters. The van der Waals surface area contributed by atoms with Crippen LogP contribution >= 0.6 is 0 Å². The van der Waals surface area contributed by atoms with Gasteiger partial charge in [0.25, 0.3) is 11.5 Å². The first-order valence-corrected chi connectivity index (χ1v) is 8.44. The van der Waals surface area contributed by atoms with E-state index in [1.54, 1.807) is 12.1 Å². The minimum Gasteiger partial charge on any atom is -0.340 e. The number of aromatic amines is 1. The van der Waals surface area contributed by atoms with Crippen LogP contribution in [-0.2, 0) is 4.79 Å². The van der Waals surface area contributed by atoms with Crippen LogP contribution in [0.25, 0.3) is 11.0 Å². The van der Waals surface area contributed by atoms with E-state index in [2.05, 4.69) is 20.3 Å². The number of hydrogen-bond donors (Lipinski definition) is 2. The number of benzene rings is 1. The number of rotatable bonds is 4. The molecule has 0 saturated heterocycles. The van der Waals surface area contributed by atoms with E-state index in [4.69, 9.17) is 0 Å². The van der Waals surface area contributed by atoms with Crippen LogP contribution in [0, 0.1) is 11.3 Å². The third kappa shape index (κ3) is 3.12. The van der Waals surface area contributed by atoms with E-state index in [-0.39, 0.29) is 16.8 Å². The standard InChI is InChI=1S/C20H14N6O2/c21-11-13-8-9-22-12-16(13)25-20(28)18(26-10-4-3-7-17(26)27)19-23-14-5-1-2-6-15(14)24-19/h1-10,12,18H,(H,23,24)(H,25,28). The van der Waals surface area contributed by atoms with E-state index < -0.39 is 11.9 Å². The highest BCUT2D eigenvalue weighted by molar-refractivity contribution is 5.96. The highest BCUT2D eigenvalue weighted by Crippen LogP contribution is 2.21. The first-order valence-electron chi connectivity index (χ1n) is 8.44. The summed E-state index contributed by atoms with van der Waals surface area (Å²) in [5.41, 5.74) is 1.61. The Morgan fingerprint density at radius 1 is 1.18 bits per heavy atom. The SMILES string of the molecule is N#Cc1ccncc1NC(=O)C(c1nc2ccccc2[nH]1)n1ccccc1=O. The third-order valence-electron chi connectivity index (χ3n) is 4.24. The Labute approximate surface area is 159 Å². The van der Waals surface area contributed by atoms with Crippen molar-refractivity contribution in [3.05, 3.63) is 88.9 Å². The quantitative estimate of drug-likeness (QED) is 0.571. The monoisotopic (exact) mass is 370 g/mol. The number of nitrogens with one attached hydrogen (secondary N) is 2. The molecule has 4 rings (SSSR count). The number of carbonyl (C=O) groups excluding carboxylic acids is 1. The number of imidazole rings is 1. The Bertz CT molecular complexity index is 1230. The maximum Gasteiger partial charge on any atom is 0.255 e. The van der Waals surface area contributed by atoms with E-state index in [0.29, 0.717) is 11.3 Å². The van der Waals surface area contributed by atoms with Gasteiger partial charge in [0, 0.05) is 18.5 Å². The number of H-pyrrole nitrogens is 1. The average Bonchev–Trinajstić information content (AvgIpc) is 3.13. The topological polar surface area (TPSA) is 116 Å². The highest BCUT2D eigenvalue weighted by atomic mass is 16.2. The van der Waals surface area contributed by atoms with Gasteiger partial charge in [0.1, 0.15) is 11.9 Å². The van der Waals surface area contributed by atoms with Crippen molar-refractivity contribution in [3.63, 3.8) is 0 Å². The predicted octanol–water partition coefficient (Wildman–Crippen LogP) is 2.22. The van der Waals surface area contributed by atoms with E-state index in [0.717, 1.165) is 5.52 Å². The molecule has 2 N–H and O–H groups in total. The molecule has 28 heavy (non-hydrogen) atoms. The second kappa shape index (κ2) is 7.17. The molecule has 3 aromatic heterocycles. The summed E-state index contributed by atoms with van der Waals surface area (Å²) in [6, 6.07) is 14.4. The number of anilines is 1. The molecule has 0 bridgehead atoms. The molecule has 0 aliphatic rings. The lowest BCUT2D eigenvalue weighted by molar-refractivity contribution is -0.118. The van der Waals surface area contributed by atoms with Gasteiger partial charge in [0.2, 0.25) is 0 Å². The lowest BCUT2D eigenvalue weighted by Crippen LogP contribution is -2.34. The van der Waals surface area contributed by atoms with Crippen LogP contribution in [0.1, 0.15) is 17.4 Å². The number of pyridine rings is 2. The number of nitriles is 1. The molecule has 8 heteroatoms. The van der Waals surface area contributed by atoms with Gasteiger partial charge in [-0.2, -0.15) is 5.26 Å². The summed E-state index contributed by atoms with van der Waals surface area (Å²) < 4.78 is 1.29. The van der Waals surface area contributed by atoms with Crippen molar-refractivity contribution in [1.29, 1.82) is 5.26 Å². The summed E-state index contributed by atoms with van der Waals surface area (Å²) in [6.07, 6.45) is 4.38. The highest BCUT2D eigenvalue weighted by Gasteiger charge is 2.27. The van der Waals surface area contributed by atoms with Crippen molar-refractivity contribution >= 4 is 22.6 Å². The Kier molecular flexibility index (Phi) is 4.40. The molecule has 1 amide bonds. The average molecular weight is 370 g/mol. The Morgan fingerprint density at radius 2 is 2.00 bits per heavy atom. The van der Waals surface area contributed by atoms with Crippen molar-refractivity contribution in [2.24, 2.45) is 0 Å². The molecule has 0 aliphatic heterocycles. The van der Waals surface area contributed by atoms with Crippen LogP contribution < -0.4 is 10.9 Å². The zero-order chi connectivity index (χ0) is 19.5. The second-order valence-electron chi connectivity index (χ2n) is 6.01. The van der Waals surface area contributed by atoms with Crippen molar-refractivity contribution in [2.45, 2.75) is 6.04 Å². The largest absolute Gasteiger partial charge is 0.340 e. The fourth-order valence-electron chi connectivity index (χ4n) is 2.93. The normalized spacial score (nSPS) is 11.7. The zero-order valence-electron chi connectivity index (χ0n) is 14.5. The first kappa shape index (κ1) is 17.2. The van der Waals surface area contributed by atoms with Crippen LogP contribution in [-0.4, -0.2) is 25.4 Å². The third-order valence-corrected chi connectivity index (χ3v) is 4.24. The van der Waals surface area contributed by atoms with Crippen molar-refractivity contribution in [1.82, 2.24) is 19.5 Å².